The Bertz CT molecular complexity index is 1470. The van der Waals surface area contributed by atoms with Gasteiger partial charge in [-0.2, -0.15) is 0 Å². The van der Waals surface area contributed by atoms with Gasteiger partial charge in [-0.15, -0.1) is 0 Å². The fourth-order valence-corrected chi connectivity index (χ4v) is 5.18. The van der Waals surface area contributed by atoms with Crippen LogP contribution in [0.15, 0.2) is 83.1 Å². The molecule has 1 aromatic heterocycles. The predicted octanol–water partition coefficient (Wildman–Crippen LogP) is 7.27. The average molecular weight is 565 g/mol. The first-order valence-electron chi connectivity index (χ1n) is 11.3. The van der Waals surface area contributed by atoms with Crippen LogP contribution in [0.5, 0.6) is 0 Å². The summed E-state index contributed by atoms with van der Waals surface area (Å²) in [5.74, 6) is -0.153. The van der Waals surface area contributed by atoms with E-state index in [1.165, 1.54) is 16.6 Å². The van der Waals surface area contributed by atoms with Gasteiger partial charge in [0.1, 0.15) is 5.70 Å². The molecule has 0 bridgehead atoms. The Morgan fingerprint density at radius 3 is 2.43 bits per heavy atom. The number of benzene rings is 3. The van der Waals surface area contributed by atoms with Crippen molar-refractivity contribution >= 4 is 73.4 Å². The van der Waals surface area contributed by atoms with Gasteiger partial charge in [-0.3, -0.25) is 9.69 Å². The predicted molar refractivity (Wildman–Crippen MR) is 152 cm³/mol. The second kappa shape index (κ2) is 9.61. The third-order valence-corrected chi connectivity index (χ3v) is 7.54. The number of rotatable bonds is 5. The van der Waals surface area contributed by atoms with Gasteiger partial charge in [0, 0.05) is 40.2 Å². The van der Waals surface area contributed by atoms with Gasteiger partial charge in [0.2, 0.25) is 0 Å². The zero-order valence-electron chi connectivity index (χ0n) is 19.3. The van der Waals surface area contributed by atoms with Crippen molar-refractivity contribution in [2.45, 2.75) is 19.9 Å². The quantitative estimate of drug-likeness (QED) is 0.188. The summed E-state index contributed by atoms with van der Waals surface area (Å²) in [5, 5.41) is 2.17. The van der Waals surface area contributed by atoms with Gasteiger partial charge in [0.05, 0.1) is 11.2 Å². The summed E-state index contributed by atoms with van der Waals surface area (Å²) < 4.78 is 3.33. The van der Waals surface area contributed by atoms with Crippen LogP contribution in [-0.2, 0) is 17.8 Å². The topological polar surface area (TPSA) is 28.5 Å². The number of para-hydroxylation sites is 1. The Balaban J connectivity index is 1.59. The Labute approximate surface area is 223 Å². The SMILES string of the molecule is CCc1cccc2c(/C=C3/C(=O)N(c4ccc(Cl)cc4)C(=S)N3C)cn(Cc3ccc(Br)cc3)c12. The number of carbonyl (C=O) groups is 1. The second-order valence-electron chi connectivity index (χ2n) is 8.49. The molecular formula is C28H23BrClN3OS. The molecule has 176 valence electrons. The third-order valence-electron chi connectivity index (χ3n) is 6.30. The number of nitrogens with zero attached hydrogens (tertiary/aromatic N) is 3. The second-order valence-corrected chi connectivity index (χ2v) is 10.2. The van der Waals surface area contributed by atoms with E-state index in [0.29, 0.717) is 21.5 Å². The number of halogens is 2. The minimum atomic E-state index is -0.153. The molecule has 4 aromatic rings. The highest BCUT2D eigenvalue weighted by Gasteiger charge is 2.37. The number of hydrogen-bond donors (Lipinski definition) is 0. The average Bonchev–Trinajstić information content (AvgIpc) is 3.31. The van der Waals surface area contributed by atoms with Crippen LogP contribution in [-0.4, -0.2) is 27.5 Å². The van der Waals surface area contributed by atoms with E-state index in [0.717, 1.165) is 28.4 Å². The van der Waals surface area contributed by atoms with Crippen LogP contribution in [0.25, 0.3) is 17.0 Å². The number of likely N-dealkylation sites (N-methyl/N-ethyl adjacent to an activating group) is 1. The van der Waals surface area contributed by atoms with Crippen molar-refractivity contribution in [3.05, 3.63) is 105 Å². The molecule has 0 radical (unpaired) electrons. The number of carbonyl (C=O) groups excluding carboxylic acids is 1. The molecule has 1 fully saturated rings. The highest BCUT2D eigenvalue weighted by atomic mass is 79.9. The Kier molecular flexibility index (Phi) is 6.53. The van der Waals surface area contributed by atoms with Gasteiger partial charge >= 0.3 is 0 Å². The number of fused-ring (bicyclic) bond motifs is 1. The van der Waals surface area contributed by atoms with Crippen LogP contribution in [0.4, 0.5) is 5.69 Å². The van der Waals surface area contributed by atoms with Crippen LogP contribution in [0.2, 0.25) is 5.02 Å². The van der Waals surface area contributed by atoms with Gasteiger partial charge in [-0.1, -0.05) is 64.8 Å². The fourth-order valence-electron chi connectivity index (χ4n) is 4.50. The van der Waals surface area contributed by atoms with E-state index < -0.39 is 0 Å². The fraction of sp³-hybridized carbons (Fsp3) is 0.143. The van der Waals surface area contributed by atoms with Crippen molar-refractivity contribution in [3.63, 3.8) is 0 Å². The van der Waals surface area contributed by atoms with Gasteiger partial charge in [-0.25, -0.2) is 0 Å². The molecule has 3 aromatic carbocycles. The van der Waals surface area contributed by atoms with Gasteiger partial charge in [0.15, 0.2) is 5.11 Å². The Morgan fingerprint density at radius 2 is 1.74 bits per heavy atom. The minimum Gasteiger partial charge on any atom is -0.342 e. The van der Waals surface area contributed by atoms with Crippen LogP contribution < -0.4 is 4.90 Å². The molecule has 0 atom stereocenters. The molecular weight excluding hydrogens is 542 g/mol. The van der Waals surface area contributed by atoms with Gasteiger partial charge in [0.25, 0.3) is 5.91 Å². The zero-order valence-corrected chi connectivity index (χ0v) is 22.5. The molecule has 7 heteroatoms. The summed E-state index contributed by atoms with van der Waals surface area (Å²) in [6.45, 7) is 2.91. The first-order chi connectivity index (χ1) is 16.9. The number of anilines is 1. The van der Waals surface area contributed by atoms with Crippen molar-refractivity contribution < 1.29 is 4.79 Å². The summed E-state index contributed by atoms with van der Waals surface area (Å²) >= 11 is 15.2. The lowest BCUT2D eigenvalue weighted by atomic mass is 10.1. The van der Waals surface area contributed by atoms with Crippen LogP contribution in [0.3, 0.4) is 0 Å². The normalized spacial score (nSPS) is 15.1. The van der Waals surface area contributed by atoms with E-state index >= 15 is 0 Å². The monoisotopic (exact) mass is 563 g/mol. The molecule has 4 nitrogen and oxygen atoms in total. The van der Waals surface area contributed by atoms with Crippen LogP contribution in [0.1, 0.15) is 23.6 Å². The molecule has 0 N–H and O–H groups in total. The summed E-state index contributed by atoms with van der Waals surface area (Å²) in [6, 6.07) is 21.9. The third kappa shape index (κ3) is 4.42. The maximum Gasteiger partial charge on any atom is 0.281 e. The smallest absolute Gasteiger partial charge is 0.281 e. The highest BCUT2D eigenvalue weighted by Crippen LogP contribution is 2.32. The van der Waals surface area contributed by atoms with Crippen molar-refractivity contribution in [2.75, 3.05) is 11.9 Å². The molecule has 0 aliphatic carbocycles. The maximum atomic E-state index is 13.5. The number of hydrogen-bond acceptors (Lipinski definition) is 2. The van der Waals surface area contributed by atoms with E-state index in [9.17, 15) is 4.79 Å². The zero-order chi connectivity index (χ0) is 24.7. The molecule has 0 unspecified atom stereocenters. The van der Waals surface area contributed by atoms with E-state index in [2.05, 4.69) is 76.1 Å². The lowest BCUT2D eigenvalue weighted by molar-refractivity contribution is -0.114. The largest absolute Gasteiger partial charge is 0.342 e. The Hall–Kier alpha value is -2.93. The molecule has 1 aliphatic heterocycles. The van der Waals surface area contributed by atoms with Gasteiger partial charge in [-0.05, 0) is 72.2 Å². The number of thiocarbonyl (C=S) groups is 1. The molecule has 1 amide bonds. The van der Waals surface area contributed by atoms with E-state index in [1.807, 2.05) is 13.1 Å². The van der Waals surface area contributed by atoms with Gasteiger partial charge < -0.3 is 9.47 Å². The van der Waals surface area contributed by atoms with Crippen molar-refractivity contribution in [1.29, 1.82) is 0 Å². The maximum absolute atomic E-state index is 13.5. The molecule has 35 heavy (non-hydrogen) atoms. The molecule has 0 saturated carbocycles. The minimum absolute atomic E-state index is 0.153. The summed E-state index contributed by atoms with van der Waals surface area (Å²) in [6.07, 6.45) is 5.00. The number of aryl methyl sites for hydroxylation is 1. The lowest BCUT2D eigenvalue weighted by Gasteiger charge is -2.16. The van der Waals surface area contributed by atoms with Crippen molar-refractivity contribution in [1.82, 2.24) is 9.47 Å². The molecule has 5 rings (SSSR count). The van der Waals surface area contributed by atoms with E-state index in [4.69, 9.17) is 23.8 Å². The first-order valence-corrected chi connectivity index (χ1v) is 12.9. The standard InChI is InChI=1S/C28H23BrClN3OS/c1-3-19-5-4-6-24-20(17-32(26(19)24)16-18-7-9-21(29)10-8-18)15-25-27(34)33(28(35)31(25)2)23-13-11-22(30)12-14-23/h4-15,17H,3,16H2,1-2H3/b25-15-. The summed E-state index contributed by atoms with van der Waals surface area (Å²) in [7, 11) is 1.83. The van der Waals surface area contributed by atoms with E-state index in [1.54, 1.807) is 34.1 Å². The van der Waals surface area contributed by atoms with Crippen molar-refractivity contribution in [2.24, 2.45) is 0 Å². The van der Waals surface area contributed by atoms with Crippen molar-refractivity contribution in [3.8, 4) is 0 Å². The van der Waals surface area contributed by atoms with Crippen LogP contribution >= 0.6 is 39.7 Å². The summed E-state index contributed by atoms with van der Waals surface area (Å²) in [4.78, 5) is 16.8. The molecule has 2 heterocycles. The molecule has 1 aliphatic rings. The molecule has 1 saturated heterocycles. The molecule has 0 spiro atoms. The number of amides is 1. The summed E-state index contributed by atoms with van der Waals surface area (Å²) in [5.41, 5.74) is 5.89. The Morgan fingerprint density at radius 1 is 1.03 bits per heavy atom. The number of aromatic nitrogens is 1. The first kappa shape index (κ1) is 23.8. The van der Waals surface area contributed by atoms with E-state index in [-0.39, 0.29) is 5.91 Å². The van der Waals surface area contributed by atoms with Crippen LogP contribution in [0, 0.1) is 0 Å². The lowest BCUT2D eigenvalue weighted by Crippen LogP contribution is -2.31. The highest BCUT2D eigenvalue weighted by molar-refractivity contribution is 9.10.